The molecule has 1 fully saturated rings. The zero-order chi connectivity index (χ0) is 16.9. The van der Waals surface area contributed by atoms with Crippen LogP contribution >= 0.6 is 11.8 Å². The predicted molar refractivity (Wildman–Crippen MR) is 93.6 cm³/mol. The van der Waals surface area contributed by atoms with E-state index in [2.05, 4.69) is 17.1 Å². The van der Waals surface area contributed by atoms with E-state index < -0.39 is 0 Å². The molecule has 128 valence electrons. The van der Waals surface area contributed by atoms with Crippen molar-refractivity contribution in [3.8, 4) is 11.4 Å². The van der Waals surface area contributed by atoms with Crippen molar-refractivity contribution in [2.45, 2.75) is 24.9 Å². The van der Waals surface area contributed by atoms with Gasteiger partial charge in [-0.25, -0.2) is 0 Å². The van der Waals surface area contributed by atoms with E-state index in [-0.39, 0.29) is 5.91 Å². The van der Waals surface area contributed by atoms with E-state index >= 15 is 0 Å². The van der Waals surface area contributed by atoms with Gasteiger partial charge in [-0.05, 0) is 30.9 Å². The molecule has 24 heavy (non-hydrogen) atoms. The van der Waals surface area contributed by atoms with Crippen LogP contribution in [-0.4, -0.2) is 51.5 Å². The molecule has 1 aliphatic rings. The zero-order valence-electron chi connectivity index (χ0n) is 14.0. The number of aromatic nitrogens is 3. The van der Waals surface area contributed by atoms with Crippen molar-refractivity contribution in [1.29, 1.82) is 0 Å². The molecule has 7 heteroatoms. The Kier molecular flexibility index (Phi) is 5.40. The Hall–Kier alpha value is -2.02. The molecule has 0 N–H and O–H groups in total. The molecule has 1 atom stereocenters. The minimum atomic E-state index is 0.168. The number of carbonyl (C=O) groups excluding carboxylic acids is 1. The van der Waals surface area contributed by atoms with Gasteiger partial charge in [-0.2, -0.15) is 0 Å². The molecule has 0 spiro atoms. The van der Waals surface area contributed by atoms with E-state index in [1.54, 1.807) is 13.4 Å². The van der Waals surface area contributed by atoms with Crippen LogP contribution in [0.3, 0.4) is 0 Å². The molecule has 1 saturated heterocycles. The van der Waals surface area contributed by atoms with Crippen molar-refractivity contribution < 1.29 is 9.53 Å². The van der Waals surface area contributed by atoms with E-state index in [1.165, 1.54) is 18.2 Å². The van der Waals surface area contributed by atoms with Crippen molar-refractivity contribution in [3.05, 3.63) is 30.6 Å². The summed E-state index contributed by atoms with van der Waals surface area (Å²) < 4.78 is 7.25. The normalized spacial score (nSPS) is 17.8. The largest absolute Gasteiger partial charge is 0.495 e. The second-order valence-electron chi connectivity index (χ2n) is 6.03. The van der Waals surface area contributed by atoms with E-state index in [9.17, 15) is 4.79 Å². The average molecular weight is 346 g/mol. The van der Waals surface area contributed by atoms with Crippen molar-refractivity contribution in [1.82, 2.24) is 19.7 Å². The Bertz CT molecular complexity index is 703. The van der Waals surface area contributed by atoms with Gasteiger partial charge in [0.25, 0.3) is 0 Å². The lowest BCUT2D eigenvalue weighted by Crippen LogP contribution is -2.40. The maximum absolute atomic E-state index is 12.4. The molecule has 0 bridgehead atoms. The molecule has 1 aromatic carbocycles. The molecule has 0 aliphatic carbocycles. The fourth-order valence-corrected chi connectivity index (χ4v) is 3.77. The molecule has 0 radical (unpaired) electrons. The minimum Gasteiger partial charge on any atom is -0.495 e. The van der Waals surface area contributed by atoms with E-state index in [0.717, 1.165) is 30.9 Å². The van der Waals surface area contributed by atoms with Crippen molar-refractivity contribution in [2.75, 3.05) is 26.0 Å². The van der Waals surface area contributed by atoms with Gasteiger partial charge in [0.2, 0.25) is 5.91 Å². The molecule has 1 unspecified atom stereocenters. The van der Waals surface area contributed by atoms with E-state index in [4.69, 9.17) is 4.74 Å². The van der Waals surface area contributed by atoms with Crippen LogP contribution in [0.4, 0.5) is 0 Å². The summed E-state index contributed by atoms with van der Waals surface area (Å²) in [5, 5.41) is 8.83. The van der Waals surface area contributed by atoms with Gasteiger partial charge in [0, 0.05) is 13.1 Å². The Morgan fingerprint density at radius 2 is 2.25 bits per heavy atom. The van der Waals surface area contributed by atoms with Gasteiger partial charge < -0.3 is 9.64 Å². The van der Waals surface area contributed by atoms with Gasteiger partial charge in [-0.1, -0.05) is 30.8 Å². The average Bonchev–Trinajstić information content (AvgIpc) is 3.08. The minimum absolute atomic E-state index is 0.168. The highest BCUT2D eigenvalue weighted by molar-refractivity contribution is 7.99. The number of para-hydroxylation sites is 2. The Labute approximate surface area is 146 Å². The number of ether oxygens (including phenoxy) is 1. The third-order valence-corrected chi connectivity index (χ3v) is 5.12. The number of piperidine rings is 1. The molecule has 1 aliphatic heterocycles. The molecule has 6 nitrogen and oxygen atoms in total. The predicted octanol–water partition coefficient (Wildman–Crippen LogP) is 2.63. The Balaban J connectivity index is 1.69. The third-order valence-electron chi connectivity index (χ3n) is 4.20. The zero-order valence-corrected chi connectivity index (χ0v) is 14.8. The van der Waals surface area contributed by atoms with Crippen LogP contribution in [0.15, 0.2) is 35.7 Å². The second-order valence-corrected chi connectivity index (χ2v) is 6.97. The maximum atomic E-state index is 12.4. The molecule has 3 rings (SSSR count). The highest BCUT2D eigenvalue weighted by Crippen LogP contribution is 2.27. The first-order valence-corrected chi connectivity index (χ1v) is 9.11. The number of hydrogen-bond acceptors (Lipinski definition) is 5. The molecule has 2 heterocycles. The topological polar surface area (TPSA) is 60.2 Å². The fraction of sp³-hybridized carbons (Fsp3) is 0.471. The third kappa shape index (κ3) is 3.72. The van der Waals surface area contributed by atoms with Gasteiger partial charge in [-0.3, -0.25) is 9.36 Å². The van der Waals surface area contributed by atoms with Gasteiger partial charge in [0.1, 0.15) is 12.1 Å². The van der Waals surface area contributed by atoms with Gasteiger partial charge in [-0.15, -0.1) is 10.2 Å². The number of nitrogens with zero attached hydrogens (tertiary/aromatic N) is 4. The number of carbonyl (C=O) groups is 1. The summed E-state index contributed by atoms with van der Waals surface area (Å²) in [6.45, 7) is 3.92. The quantitative estimate of drug-likeness (QED) is 0.779. The summed E-state index contributed by atoms with van der Waals surface area (Å²) >= 11 is 1.41. The number of likely N-dealkylation sites (tertiary alicyclic amines) is 1. The summed E-state index contributed by atoms with van der Waals surface area (Å²) in [7, 11) is 1.64. The summed E-state index contributed by atoms with van der Waals surface area (Å²) in [5.74, 6) is 1.88. The summed E-state index contributed by atoms with van der Waals surface area (Å²) in [5.41, 5.74) is 0.867. The number of benzene rings is 1. The second kappa shape index (κ2) is 7.70. The fourth-order valence-electron chi connectivity index (χ4n) is 2.95. The number of amides is 1. The van der Waals surface area contributed by atoms with E-state index in [1.807, 2.05) is 33.7 Å². The molecular weight excluding hydrogens is 324 g/mol. The number of rotatable bonds is 5. The van der Waals surface area contributed by atoms with Crippen molar-refractivity contribution >= 4 is 17.7 Å². The lowest BCUT2D eigenvalue weighted by Gasteiger charge is -2.30. The monoisotopic (exact) mass is 346 g/mol. The van der Waals surface area contributed by atoms with E-state index in [0.29, 0.717) is 16.8 Å². The molecule has 2 aromatic rings. The van der Waals surface area contributed by atoms with Crippen molar-refractivity contribution in [3.63, 3.8) is 0 Å². The first kappa shape index (κ1) is 16.8. The number of thioether (sulfide) groups is 1. The van der Waals surface area contributed by atoms with Gasteiger partial charge in [0.15, 0.2) is 5.16 Å². The SMILES string of the molecule is COc1ccccc1-n1cnnc1SCC(=O)N1CCCC(C)C1. The van der Waals surface area contributed by atoms with Crippen LogP contribution in [0.25, 0.3) is 5.69 Å². The van der Waals surface area contributed by atoms with Gasteiger partial charge in [0.05, 0.1) is 18.6 Å². The number of hydrogen-bond donors (Lipinski definition) is 0. The Morgan fingerprint density at radius 1 is 1.42 bits per heavy atom. The smallest absolute Gasteiger partial charge is 0.233 e. The summed E-state index contributed by atoms with van der Waals surface area (Å²) in [4.78, 5) is 14.4. The van der Waals surface area contributed by atoms with Crippen LogP contribution < -0.4 is 4.74 Å². The van der Waals surface area contributed by atoms with Crippen LogP contribution in [0.1, 0.15) is 19.8 Å². The molecule has 1 aromatic heterocycles. The number of methoxy groups -OCH3 is 1. The molecule has 1 amide bonds. The summed E-state index contributed by atoms with van der Waals surface area (Å²) in [6, 6.07) is 7.69. The van der Waals surface area contributed by atoms with Crippen molar-refractivity contribution in [2.24, 2.45) is 5.92 Å². The standard InChI is InChI=1S/C17H22N4O2S/c1-13-6-5-9-20(10-13)16(22)11-24-17-19-18-12-21(17)14-7-3-4-8-15(14)23-2/h3-4,7-8,12-13H,5-6,9-11H2,1-2H3. The highest BCUT2D eigenvalue weighted by Gasteiger charge is 2.21. The lowest BCUT2D eigenvalue weighted by atomic mass is 10.0. The summed E-state index contributed by atoms with van der Waals surface area (Å²) in [6.07, 6.45) is 3.95. The maximum Gasteiger partial charge on any atom is 0.233 e. The first-order valence-electron chi connectivity index (χ1n) is 8.13. The molecule has 0 saturated carbocycles. The van der Waals surface area contributed by atoms with Crippen LogP contribution in [-0.2, 0) is 4.79 Å². The van der Waals surface area contributed by atoms with Crippen LogP contribution in [0.2, 0.25) is 0 Å². The first-order chi connectivity index (χ1) is 11.7. The lowest BCUT2D eigenvalue weighted by molar-refractivity contribution is -0.130. The van der Waals surface area contributed by atoms with Gasteiger partial charge >= 0.3 is 0 Å². The molecular formula is C17H22N4O2S. The Morgan fingerprint density at radius 3 is 3.04 bits per heavy atom. The highest BCUT2D eigenvalue weighted by atomic mass is 32.2. The van der Waals surface area contributed by atoms with Crippen LogP contribution in [0.5, 0.6) is 5.75 Å². The van der Waals surface area contributed by atoms with Crippen LogP contribution in [0, 0.1) is 5.92 Å².